The predicted molar refractivity (Wildman–Crippen MR) is 61.2 cm³/mol. The van der Waals surface area contributed by atoms with Crippen LogP contribution in [0.5, 0.6) is 0 Å². The van der Waals surface area contributed by atoms with Gasteiger partial charge in [0.1, 0.15) is 0 Å². The summed E-state index contributed by atoms with van der Waals surface area (Å²) in [4.78, 5) is 0. The summed E-state index contributed by atoms with van der Waals surface area (Å²) in [5, 5.41) is 1.14. The van der Waals surface area contributed by atoms with Gasteiger partial charge in [-0.25, -0.2) is 0 Å². The summed E-state index contributed by atoms with van der Waals surface area (Å²) in [6.45, 7) is 4.69. The van der Waals surface area contributed by atoms with Crippen LogP contribution >= 0.6 is 0 Å². The zero-order valence-electron chi connectivity index (χ0n) is 8.11. The summed E-state index contributed by atoms with van der Waals surface area (Å²) in [5.74, 6) is 0. The van der Waals surface area contributed by atoms with Gasteiger partial charge in [0.2, 0.25) is 0 Å². The lowest BCUT2D eigenvalue weighted by atomic mass is 10.2. The van der Waals surface area contributed by atoms with Crippen molar-refractivity contribution in [3.05, 3.63) is 43.1 Å². The van der Waals surface area contributed by atoms with Crippen molar-refractivity contribution in [3.8, 4) is 0 Å². The van der Waals surface area contributed by atoms with Gasteiger partial charge in [-0.1, -0.05) is 12.1 Å². The van der Waals surface area contributed by atoms with Crippen molar-refractivity contribution in [2.75, 3.05) is 5.73 Å². The van der Waals surface area contributed by atoms with Crippen LogP contribution in [0, 0.1) is 0 Å². The second kappa shape index (κ2) is 3.58. The van der Waals surface area contributed by atoms with E-state index in [0.717, 1.165) is 24.0 Å². The first-order valence-corrected chi connectivity index (χ1v) is 4.77. The van der Waals surface area contributed by atoms with Crippen LogP contribution in [-0.2, 0) is 6.54 Å². The minimum absolute atomic E-state index is 0.847. The van der Waals surface area contributed by atoms with Gasteiger partial charge in [-0.2, -0.15) is 0 Å². The van der Waals surface area contributed by atoms with Crippen molar-refractivity contribution in [2.24, 2.45) is 0 Å². The van der Waals surface area contributed by atoms with Crippen molar-refractivity contribution in [2.45, 2.75) is 13.0 Å². The number of nitrogen functional groups attached to an aromatic ring is 1. The topological polar surface area (TPSA) is 30.9 Å². The SMILES string of the molecule is C=CCCn1ccc2c(N)cccc21. The number of aryl methyl sites for hydroxylation is 1. The third-order valence-corrected chi connectivity index (χ3v) is 2.42. The van der Waals surface area contributed by atoms with Gasteiger partial charge in [0.25, 0.3) is 0 Å². The highest BCUT2D eigenvalue weighted by Crippen LogP contribution is 2.21. The fraction of sp³-hybridized carbons (Fsp3) is 0.167. The molecule has 0 radical (unpaired) electrons. The molecule has 0 aliphatic carbocycles. The number of benzene rings is 1. The van der Waals surface area contributed by atoms with Crippen LogP contribution < -0.4 is 5.73 Å². The number of nitrogens with two attached hydrogens (primary N) is 1. The van der Waals surface area contributed by atoms with E-state index in [-0.39, 0.29) is 0 Å². The van der Waals surface area contributed by atoms with E-state index >= 15 is 0 Å². The molecule has 2 aromatic rings. The molecule has 1 aromatic carbocycles. The number of aromatic nitrogens is 1. The summed E-state index contributed by atoms with van der Waals surface area (Å²) in [5.41, 5.74) is 7.91. The minimum Gasteiger partial charge on any atom is -0.398 e. The maximum absolute atomic E-state index is 5.86. The molecule has 0 atom stereocenters. The third kappa shape index (κ3) is 1.39. The molecule has 2 nitrogen and oxygen atoms in total. The summed E-state index contributed by atoms with van der Waals surface area (Å²) in [7, 11) is 0. The van der Waals surface area contributed by atoms with E-state index < -0.39 is 0 Å². The second-order valence-corrected chi connectivity index (χ2v) is 3.37. The molecular formula is C12H14N2. The zero-order valence-corrected chi connectivity index (χ0v) is 8.11. The molecule has 0 amide bonds. The molecule has 0 fully saturated rings. The molecule has 0 bridgehead atoms. The molecule has 14 heavy (non-hydrogen) atoms. The van der Waals surface area contributed by atoms with E-state index in [9.17, 15) is 0 Å². The molecule has 2 rings (SSSR count). The molecule has 2 N–H and O–H groups in total. The Bertz CT molecular complexity index is 454. The highest BCUT2D eigenvalue weighted by atomic mass is 14.9. The number of fused-ring (bicyclic) bond motifs is 1. The number of anilines is 1. The van der Waals surface area contributed by atoms with Crippen LogP contribution in [0.3, 0.4) is 0 Å². The lowest BCUT2D eigenvalue weighted by molar-refractivity contribution is 0.739. The van der Waals surface area contributed by atoms with Gasteiger partial charge < -0.3 is 10.3 Å². The lowest BCUT2D eigenvalue weighted by Gasteiger charge is -2.03. The van der Waals surface area contributed by atoms with Gasteiger partial charge in [-0.15, -0.1) is 6.58 Å². The standard InChI is InChI=1S/C12H14N2/c1-2-3-8-14-9-7-10-11(13)5-4-6-12(10)14/h2,4-7,9H,1,3,8,13H2. The van der Waals surface area contributed by atoms with Gasteiger partial charge in [0.15, 0.2) is 0 Å². The fourth-order valence-corrected chi connectivity index (χ4v) is 1.67. The number of nitrogens with zero attached hydrogens (tertiary/aromatic N) is 1. The number of allylic oxidation sites excluding steroid dienone is 1. The Morgan fingerprint density at radius 3 is 3.00 bits per heavy atom. The van der Waals surface area contributed by atoms with E-state index in [1.165, 1.54) is 5.52 Å². The lowest BCUT2D eigenvalue weighted by Crippen LogP contribution is -1.94. The highest BCUT2D eigenvalue weighted by Gasteiger charge is 2.01. The van der Waals surface area contributed by atoms with Gasteiger partial charge in [-0.3, -0.25) is 0 Å². The van der Waals surface area contributed by atoms with Crippen LogP contribution in [-0.4, -0.2) is 4.57 Å². The number of rotatable bonds is 3. The molecule has 1 heterocycles. The van der Waals surface area contributed by atoms with Gasteiger partial charge in [0, 0.05) is 23.8 Å². The van der Waals surface area contributed by atoms with E-state index in [2.05, 4.69) is 29.5 Å². The molecule has 0 unspecified atom stereocenters. The molecule has 72 valence electrons. The average Bonchev–Trinajstić information content (AvgIpc) is 2.60. The Balaban J connectivity index is 2.47. The van der Waals surface area contributed by atoms with Crippen molar-refractivity contribution >= 4 is 16.6 Å². The first kappa shape index (κ1) is 8.88. The first-order chi connectivity index (χ1) is 6.83. The van der Waals surface area contributed by atoms with Gasteiger partial charge >= 0.3 is 0 Å². The largest absolute Gasteiger partial charge is 0.398 e. The Hall–Kier alpha value is -1.70. The Labute approximate surface area is 83.6 Å². The monoisotopic (exact) mass is 186 g/mol. The van der Waals surface area contributed by atoms with Crippen LogP contribution in [0.1, 0.15) is 6.42 Å². The molecule has 0 aliphatic rings. The van der Waals surface area contributed by atoms with Crippen molar-refractivity contribution in [1.29, 1.82) is 0 Å². The summed E-state index contributed by atoms with van der Waals surface area (Å²) in [6.07, 6.45) is 4.99. The van der Waals surface area contributed by atoms with E-state index in [1.54, 1.807) is 0 Å². The van der Waals surface area contributed by atoms with E-state index in [4.69, 9.17) is 5.73 Å². The van der Waals surface area contributed by atoms with Crippen molar-refractivity contribution < 1.29 is 0 Å². The highest BCUT2D eigenvalue weighted by molar-refractivity contribution is 5.91. The van der Waals surface area contributed by atoms with Crippen LogP contribution in [0.25, 0.3) is 10.9 Å². The van der Waals surface area contributed by atoms with Crippen molar-refractivity contribution in [3.63, 3.8) is 0 Å². The Morgan fingerprint density at radius 2 is 2.21 bits per heavy atom. The quantitative estimate of drug-likeness (QED) is 0.580. The molecule has 0 saturated carbocycles. The summed E-state index contributed by atoms with van der Waals surface area (Å²) in [6, 6.07) is 8.07. The van der Waals surface area contributed by atoms with Crippen LogP contribution in [0.2, 0.25) is 0 Å². The third-order valence-electron chi connectivity index (χ3n) is 2.42. The molecule has 0 saturated heterocycles. The molecule has 1 aromatic heterocycles. The second-order valence-electron chi connectivity index (χ2n) is 3.37. The van der Waals surface area contributed by atoms with Gasteiger partial charge in [-0.05, 0) is 24.6 Å². The van der Waals surface area contributed by atoms with E-state index in [1.807, 2.05) is 18.2 Å². The first-order valence-electron chi connectivity index (χ1n) is 4.77. The number of hydrogen-bond acceptors (Lipinski definition) is 1. The smallest absolute Gasteiger partial charge is 0.0501 e. The molecule has 2 heteroatoms. The van der Waals surface area contributed by atoms with Gasteiger partial charge in [0.05, 0.1) is 5.52 Å². The predicted octanol–water partition coefficient (Wildman–Crippen LogP) is 2.80. The van der Waals surface area contributed by atoms with Crippen LogP contribution in [0.15, 0.2) is 43.1 Å². The van der Waals surface area contributed by atoms with E-state index in [0.29, 0.717) is 0 Å². The van der Waals surface area contributed by atoms with Crippen molar-refractivity contribution in [1.82, 2.24) is 4.57 Å². The molecule has 0 aliphatic heterocycles. The summed E-state index contributed by atoms with van der Waals surface area (Å²) >= 11 is 0. The fourth-order valence-electron chi connectivity index (χ4n) is 1.67. The maximum atomic E-state index is 5.86. The molecule has 0 spiro atoms. The average molecular weight is 186 g/mol. The maximum Gasteiger partial charge on any atom is 0.0501 e. The number of hydrogen-bond donors (Lipinski definition) is 1. The minimum atomic E-state index is 0.847. The Morgan fingerprint density at radius 1 is 1.36 bits per heavy atom. The normalized spacial score (nSPS) is 10.6. The molecular weight excluding hydrogens is 172 g/mol. The van der Waals surface area contributed by atoms with Crippen LogP contribution in [0.4, 0.5) is 5.69 Å². The zero-order chi connectivity index (χ0) is 9.97. The summed E-state index contributed by atoms with van der Waals surface area (Å²) < 4.78 is 2.20. The Kier molecular flexibility index (Phi) is 2.27.